The highest BCUT2D eigenvalue weighted by Gasteiger charge is 2.19. The van der Waals surface area contributed by atoms with Gasteiger partial charge in [-0.1, -0.05) is 29.8 Å². The number of fused-ring (bicyclic) bond motifs is 1. The Morgan fingerprint density at radius 2 is 2.06 bits per heavy atom. The zero-order valence-corrected chi connectivity index (χ0v) is 11.0. The summed E-state index contributed by atoms with van der Waals surface area (Å²) in [6.45, 7) is 5.30. The molecule has 1 atom stereocenters. The fraction of sp³-hybridized carbons (Fsp3) is 0.357. The van der Waals surface area contributed by atoms with E-state index in [2.05, 4.69) is 43.4 Å². The number of hydrogen-bond acceptors (Lipinski definition) is 3. The van der Waals surface area contributed by atoms with Crippen molar-refractivity contribution in [2.45, 2.75) is 32.9 Å². The van der Waals surface area contributed by atoms with Crippen molar-refractivity contribution in [2.75, 3.05) is 0 Å². The molecule has 0 bridgehead atoms. The molecular weight excluding hydrogens is 228 g/mol. The van der Waals surface area contributed by atoms with Crippen molar-refractivity contribution in [1.82, 2.24) is 10.3 Å². The molecule has 17 heavy (non-hydrogen) atoms. The fourth-order valence-corrected chi connectivity index (χ4v) is 3.18. The lowest BCUT2D eigenvalue weighted by molar-refractivity contribution is 0.513. The Hall–Kier alpha value is -1.19. The monoisotopic (exact) mass is 244 g/mol. The van der Waals surface area contributed by atoms with Crippen molar-refractivity contribution >= 4 is 11.3 Å². The summed E-state index contributed by atoms with van der Waals surface area (Å²) >= 11 is 1.82. The number of aromatic nitrogens is 1. The predicted molar refractivity (Wildman–Crippen MR) is 72.3 cm³/mol. The molecule has 2 nitrogen and oxygen atoms in total. The van der Waals surface area contributed by atoms with Gasteiger partial charge in [0.15, 0.2) is 0 Å². The Bertz CT molecular complexity index is 528. The summed E-state index contributed by atoms with van der Waals surface area (Å²) in [4.78, 5) is 6.18. The van der Waals surface area contributed by atoms with E-state index in [9.17, 15) is 0 Å². The van der Waals surface area contributed by atoms with Gasteiger partial charge in [-0.3, -0.25) is 0 Å². The van der Waals surface area contributed by atoms with Gasteiger partial charge in [0.25, 0.3) is 0 Å². The number of nitrogens with one attached hydrogen (secondary N) is 1. The zero-order valence-electron chi connectivity index (χ0n) is 10.2. The summed E-state index contributed by atoms with van der Waals surface area (Å²) in [5.74, 6) is 0. The third-order valence-corrected chi connectivity index (χ3v) is 4.33. The van der Waals surface area contributed by atoms with Gasteiger partial charge in [-0.05, 0) is 13.8 Å². The highest BCUT2D eigenvalue weighted by Crippen LogP contribution is 2.30. The van der Waals surface area contributed by atoms with E-state index in [1.54, 1.807) is 0 Å². The lowest BCUT2D eigenvalue weighted by Gasteiger charge is -2.18. The van der Waals surface area contributed by atoms with Gasteiger partial charge in [-0.25, -0.2) is 4.98 Å². The van der Waals surface area contributed by atoms with Crippen LogP contribution in [0.3, 0.4) is 0 Å². The Morgan fingerprint density at radius 1 is 1.29 bits per heavy atom. The number of nitrogens with zero attached hydrogens (tertiary/aromatic N) is 1. The van der Waals surface area contributed by atoms with E-state index in [0.717, 1.165) is 18.0 Å². The van der Waals surface area contributed by atoms with Gasteiger partial charge in [0.2, 0.25) is 0 Å². The molecule has 1 N–H and O–H groups in total. The maximum atomic E-state index is 4.78. The maximum absolute atomic E-state index is 4.78. The maximum Gasteiger partial charge on any atom is 0.123 e. The topological polar surface area (TPSA) is 24.9 Å². The molecule has 1 aliphatic rings. The predicted octanol–water partition coefficient (Wildman–Crippen LogP) is 3.15. The van der Waals surface area contributed by atoms with Crippen LogP contribution in [-0.4, -0.2) is 11.0 Å². The van der Waals surface area contributed by atoms with Gasteiger partial charge in [-0.2, -0.15) is 0 Å². The quantitative estimate of drug-likeness (QED) is 0.833. The molecule has 0 saturated carbocycles. The smallest absolute Gasteiger partial charge is 0.123 e. The van der Waals surface area contributed by atoms with Gasteiger partial charge >= 0.3 is 0 Å². The molecule has 0 radical (unpaired) electrons. The van der Waals surface area contributed by atoms with E-state index >= 15 is 0 Å². The first-order chi connectivity index (χ1) is 8.22. The molecule has 1 unspecified atom stereocenters. The highest BCUT2D eigenvalue weighted by molar-refractivity contribution is 7.15. The number of rotatable bonds is 1. The van der Waals surface area contributed by atoms with E-state index in [4.69, 9.17) is 4.98 Å². The Morgan fingerprint density at radius 3 is 2.82 bits per heavy atom. The van der Waals surface area contributed by atoms with Crippen LogP contribution in [0.2, 0.25) is 0 Å². The summed E-state index contributed by atoms with van der Waals surface area (Å²) in [6, 6.07) is 9.18. The molecule has 0 aliphatic carbocycles. The second kappa shape index (κ2) is 4.24. The van der Waals surface area contributed by atoms with Gasteiger partial charge in [0.1, 0.15) is 5.01 Å². The van der Waals surface area contributed by atoms with Gasteiger partial charge in [0.05, 0.1) is 5.69 Å². The van der Waals surface area contributed by atoms with Crippen LogP contribution in [0.15, 0.2) is 24.3 Å². The summed E-state index contributed by atoms with van der Waals surface area (Å²) in [5.41, 5.74) is 3.82. The highest BCUT2D eigenvalue weighted by atomic mass is 32.1. The van der Waals surface area contributed by atoms with E-state index < -0.39 is 0 Å². The molecule has 1 aromatic carbocycles. The number of benzene rings is 1. The van der Waals surface area contributed by atoms with Crippen molar-refractivity contribution in [1.29, 1.82) is 0 Å². The largest absolute Gasteiger partial charge is 0.309 e. The normalized spacial score (nSPS) is 19.1. The van der Waals surface area contributed by atoms with Crippen LogP contribution in [0.25, 0.3) is 10.6 Å². The molecule has 3 heteroatoms. The van der Waals surface area contributed by atoms with Crippen LogP contribution >= 0.6 is 11.3 Å². The molecule has 88 valence electrons. The lowest BCUT2D eigenvalue weighted by atomic mass is 10.1. The summed E-state index contributed by atoms with van der Waals surface area (Å²) < 4.78 is 0. The van der Waals surface area contributed by atoms with Crippen molar-refractivity contribution in [3.05, 3.63) is 40.4 Å². The van der Waals surface area contributed by atoms with Crippen molar-refractivity contribution in [3.8, 4) is 10.6 Å². The Labute approximate surface area is 106 Å². The van der Waals surface area contributed by atoms with E-state index in [1.165, 1.54) is 21.7 Å². The minimum Gasteiger partial charge on any atom is -0.309 e. The average molecular weight is 244 g/mol. The summed E-state index contributed by atoms with van der Waals surface area (Å²) in [5, 5.41) is 4.64. The minimum absolute atomic E-state index is 0.551. The van der Waals surface area contributed by atoms with Crippen LogP contribution in [-0.2, 0) is 13.0 Å². The molecular formula is C14H16N2S. The van der Waals surface area contributed by atoms with Crippen LogP contribution in [0.4, 0.5) is 0 Å². The molecule has 2 aromatic rings. The van der Waals surface area contributed by atoms with Crippen molar-refractivity contribution < 1.29 is 0 Å². The van der Waals surface area contributed by atoms with Crippen LogP contribution in [0, 0.1) is 6.92 Å². The fourth-order valence-electron chi connectivity index (χ4n) is 2.13. The molecule has 0 amide bonds. The Balaban J connectivity index is 1.97. The van der Waals surface area contributed by atoms with Crippen molar-refractivity contribution in [3.63, 3.8) is 0 Å². The standard InChI is InChI=1S/C14H16N2S/c1-9-3-5-11(6-4-9)14-16-12-7-10(2)15-8-13(12)17-14/h3-6,10,15H,7-8H2,1-2H3. The van der Waals surface area contributed by atoms with Crippen LogP contribution in [0.5, 0.6) is 0 Å². The second-order valence-electron chi connectivity index (χ2n) is 4.74. The third-order valence-electron chi connectivity index (χ3n) is 3.19. The minimum atomic E-state index is 0.551. The molecule has 0 spiro atoms. The molecule has 1 aliphatic heterocycles. The lowest BCUT2D eigenvalue weighted by Crippen LogP contribution is -2.32. The zero-order chi connectivity index (χ0) is 11.8. The number of aryl methyl sites for hydroxylation is 1. The average Bonchev–Trinajstić information content (AvgIpc) is 2.72. The molecule has 2 heterocycles. The van der Waals surface area contributed by atoms with Gasteiger partial charge in [0, 0.05) is 29.4 Å². The first-order valence-corrected chi connectivity index (χ1v) is 6.83. The molecule has 1 aromatic heterocycles. The molecule has 3 rings (SSSR count). The second-order valence-corrected chi connectivity index (χ2v) is 5.82. The molecule has 0 saturated heterocycles. The van der Waals surface area contributed by atoms with Crippen LogP contribution in [0.1, 0.15) is 23.1 Å². The van der Waals surface area contributed by atoms with Gasteiger partial charge in [-0.15, -0.1) is 11.3 Å². The number of hydrogen-bond donors (Lipinski definition) is 1. The van der Waals surface area contributed by atoms with E-state index in [0.29, 0.717) is 6.04 Å². The Kier molecular flexibility index (Phi) is 2.73. The molecule has 0 fully saturated rings. The van der Waals surface area contributed by atoms with Crippen LogP contribution < -0.4 is 5.32 Å². The van der Waals surface area contributed by atoms with Crippen molar-refractivity contribution in [2.24, 2.45) is 0 Å². The SMILES string of the molecule is Cc1ccc(-c2nc3c(s2)CNC(C)C3)cc1. The summed E-state index contributed by atoms with van der Waals surface area (Å²) in [6.07, 6.45) is 1.05. The summed E-state index contributed by atoms with van der Waals surface area (Å²) in [7, 11) is 0. The number of thiazole rings is 1. The third kappa shape index (κ3) is 2.13. The van der Waals surface area contributed by atoms with E-state index in [1.807, 2.05) is 11.3 Å². The first-order valence-electron chi connectivity index (χ1n) is 6.01. The first kappa shape index (κ1) is 10.9. The van der Waals surface area contributed by atoms with E-state index in [-0.39, 0.29) is 0 Å². The van der Waals surface area contributed by atoms with Gasteiger partial charge < -0.3 is 5.32 Å².